The number of hydrogen-bond acceptors (Lipinski definition) is 4. The lowest BCUT2D eigenvalue weighted by molar-refractivity contribution is -0.0415. The highest BCUT2D eigenvalue weighted by Crippen LogP contribution is 2.23. The zero-order chi connectivity index (χ0) is 13.9. The van der Waals surface area contributed by atoms with Gasteiger partial charge in [-0.3, -0.25) is 4.90 Å². The van der Waals surface area contributed by atoms with Crippen LogP contribution in [0, 0.1) is 18.3 Å². The molecule has 0 aromatic heterocycles. The summed E-state index contributed by atoms with van der Waals surface area (Å²) in [5.74, 6) is 0. The van der Waals surface area contributed by atoms with Crippen molar-refractivity contribution in [2.45, 2.75) is 31.9 Å². The van der Waals surface area contributed by atoms with Crippen LogP contribution in [0.1, 0.15) is 24.0 Å². The van der Waals surface area contributed by atoms with Gasteiger partial charge in [-0.05, 0) is 50.1 Å². The highest BCUT2D eigenvalue weighted by atomic mass is 16.5. The van der Waals surface area contributed by atoms with E-state index in [1.807, 2.05) is 25.1 Å². The molecule has 0 bridgehead atoms. The minimum atomic E-state index is 0.264. The number of fused-ring (bicyclic) bond motifs is 1. The number of aryl methyl sites for hydroxylation is 1. The predicted molar refractivity (Wildman–Crippen MR) is 78.7 cm³/mol. The van der Waals surface area contributed by atoms with Crippen LogP contribution >= 0.6 is 0 Å². The number of hydrogen-bond donors (Lipinski definition) is 1. The van der Waals surface area contributed by atoms with Gasteiger partial charge in [0.15, 0.2) is 0 Å². The van der Waals surface area contributed by atoms with Crippen LogP contribution < -0.4 is 5.32 Å². The molecule has 2 heterocycles. The molecule has 106 valence electrons. The Morgan fingerprint density at radius 3 is 3.20 bits per heavy atom. The van der Waals surface area contributed by atoms with E-state index in [0.29, 0.717) is 6.04 Å². The van der Waals surface area contributed by atoms with Gasteiger partial charge in [0.05, 0.1) is 24.3 Å². The molecule has 2 aliphatic rings. The van der Waals surface area contributed by atoms with Crippen LogP contribution in [-0.4, -0.2) is 43.3 Å². The van der Waals surface area contributed by atoms with Crippen LogP contribution in [0.4, 0.5) is 5.69 Å². The van der Waals surface area contributed by atoms with Gasteiger partial charge in [-0.2, -0.15) is 5.26 Å². The summed E-state index contributed by atoms with van der Waals surface area (Å²) in [6.07, 6.45) is 2.86. The minimum absolute atomic E-state index is 0.264. The molecule has 0 saturated carbocycles. The number of benzene rings is 1. The van der Waals surface area contributed by atoms with Crippen molar-refractivity contribution in [1.82, 2.24) is 4.90 Å². The standard InChI is InChI=1S/C16H21N3O/c1-12-7-14(5-4-13(12)8-17)18-9-16-10-19-6-2-3-15(19)11-20-16/h4-5,7,15-16,18H,2-3,6,9-11H2,1H3. The lowest BCUT2D eigenvalue weighted by atomic mass is 10.1. The van der Waals surface area contributed by atoms with E-state index in [9.17, 15) is 0 Å². The highest BCUT2D eigenvalue weighted by molar-refractivity contribution is 5.51. The van der Waals surface area contributed by atoms with Crippen molar-refractivity contribution in [3.05, 3.63) is 29.3 Å². The summed E-state index contributed by atoms with van der Waals surface area (Å²) in [5.41, 5.74) is 2.82. The number of nitriles is 1. The summed E-state index contributed by atoms with van der Waals surface area (Å²) in [7, 11) is 0. The first-order chi connectivity index (χ1) is 9.76. The van der Waals surface area contributed by atoms with Gasteiger partial charge in [-0.25, -0.2) is 0 Å². The van der Waals surface area contributed by atoms with E-state index < -0.39 is 0 Å². The molecule has 4 heteroatoms. The summed E-state index contributed by atoms with van der Waals surface area (Å²) in [6.45, 7) is 5.93. The second-order valence-corrected chi connectivity index (χ2v) is 5.77. The maximum absolute atomic E-state index is 8.93. The first-order valence-corrected chi connectivity index (χ1v) is 7.36. The first kappa shape index (κ1) is 13.4. The van der Waals surface area contributed by atoms with Crippen molar-refractivity contribution < 1.29 is 4.74 Å². The second kappa shape index (κ2) is 5.82. The van der Waals surface area contributed by atoms with Gasteiger partial charge >= 0.3 is 0 Å². The molecule has 1 N–H and O–H groups in total. The Morgan fingerprint density at radius 1 is 1.50 bits per heavy atom. The number of morpholine rings is 1. The molecule has 2 atom stereocenters. The van der Waals surface area contributed by atoms with E-state index in [2.05, 4.69) is 16.3 Å². The number of rotatable bonds is 3. The van der Waals surface area contributed by atoms with Crippen molar-refractivity contribution in [1.29, 1.82) is 5.26 Å². The van der Waals surface area contributed by atoms with Crippen molar-refractivity contribution in [3.8, 4) is 6.07 Å². The lowest BCUT2D eigenvalue weighted by Gasteiger charge is -2.35. The molecule has 4 nitrogen and oxygen atoms in total. The van der Waals surface area contributed by atoms with Crippen molar-refractivity contribution in [2.24, 2.45) is 0 Å². The molecule has 20 heavy (non-hydrogen) atoms. The van der Waals surface area contributed by atoms with E-state index in [4.69, 9.17) is 10.00 Å². The second-order valence-electron chi connectivity index (χ2n) is 5.77. The fraction of sp³-hybridized carbons (Fsp3) is 0.562. The average Bonchev–Trinajstić information content (AvgIpc) is 2.92. The smallest absolute Gasteiger partial charge is 0.0994 e. The molecular weight excluding hydrogens is 250 g/mol. The largest absolute Gasteiger partial charge is 0.382 e. The Balaban J connectivity index is 1.54. The first-order valence-electron chi connectivity index (χ1n) is 7.36. The van der Waals surface area contributed by atoms with E-state index in [-0.39, 0.29) is 6.10 Å². The van der Waals surface area contributed by atoms with E-state index in [0.717, 1.165) is 36.5 Å². The number of nitrogens with zero attached hydrogens (tertiary/aromatic N) is 2. The molecule has 0 aliphatic carbocycles. The summed E-state index contributed by atoms with van der Waals surface area (Å²) < 4.78 is 5.93. The zero-order valence-electron chi connectivity index (χ0n) is 11.9. The monoisotopic (exact) mass is 271 g/mol. The molecule has 0 amide bonds. The van der Waals surface area contributed by atoms with Crippen molar-refractivity contribution >= 4 is 5.69 Å². The van der Waals surface area contributed by atoms with Crippen LogP contribution in [0.5, 0.6) is 0 Å². The Hall–Kier alpha value is -1.57. The molecule has 2 fully saturated rings. The summed E-state index contributed by atoms with van der Waals surface area (Å²) in [5, 5.41) is 12.4. The van der Waals surface area contributed by atoms with Crippen LogP contribution in [0.3, 0.4) is 0 Å². The SMILES string of the molecule is Cc1cc(NCC2CN3CCCC3CO2)ccc1C#N. The van der Waals surface area contributed by atoms with Gasteiger partial charge in [0.25, 0.3) is 0 Å². The van der Waals surface area contributed by atoms with Gasteiger partial charge in [-0.15, -0.1) is 0 Å². The van der Waals surface area contributed by atoms with Gasteiger partial charge in [-0.1, -0.05) is 0 Å². The normalized spacial score (nSPS) is 26.0. The summed E-state index contributed by atoms with van der Waals surface area (Å²) >= 11 is 0. The lowest BCUT2D eigenvalue weighted by Crippen LogP contribution is -2.48. The topological polar surface area (TPSA) is 48.3 Å². The molecule has 2 aliphatic heterocycles. The summed E-state index contributed by atoms with van der Waals surface area (Å²) in [4.78, 5) is 2.56. The molecule has 1 aromatic rings. The number of nitrogens with one attached hydrogen (secondary N) is 1. The molecule has 3 rings (SSSR count). The number of ether oxygens (including phenoxy) is 1. The van der Waals surface area contributed by atoms with Gasteiger partial charge in [0.2, 0.25) is 0 Å². The molecule has 1 aromatic carbocycles. The fourth-order valence-corrected chi connectivity index (χ4v) is 3.14. The third kappa shape index (κ3) is 2.79. The minimum Gasteiger partial charge on any atom is -0.382 e. The third-order valence-corrected chi connectivity index (χ3v) is 4.34. The maximum atomic E-state index is 8.93. The Labute approximate surface area is 120 Å². The Bertz CT molecular complexity index is 523. The maximum Gasteiger partial charge on any atom is 0.0994 e. The quantitative estimate of drug-likeness (QED) is 0.915. The Kier molecular flexibility index (Phi) is 3.90. The van der Waals surface area contributed by atoms with Crippen LogP contribution in [0.2, 0.25) is 0 Å². The van der Waals surface area contributed by atoms with Crippen LogP contribution in [-0.2, 0) is 4.74 Å². The molecule has 0 radical (unpaired) electrons. The number of anilines is 1. The molecule has 0 spiro atoms. The van der Waals surface area contributed by atoms with Crippen LogP contribution in [0.25, 0.3) is 0 Å². The van der Waals surface area contributed by atoms with Gasteiger partial charge in [0, 0.05) is 24.8 Å². The fourth-order valence-electron chi connectivity index (χ4n) is 3.14. The zero-order valence-corrected chi connectivity index (χ0v) is 11.9. The molecular formula is C16H21N3O. The average molecular weight is 271 g/mol. The van der Waals surface area contributed by atoms with E-state index >= 15 is 0 Å². The van der Waals surface area contributed by atoms with Gasteiger partial charge in [0.1, 0.15) is 0 Å². The highest BCUT2D eigenvalue weighted by Gasteiger charge is 2.31. The Morgan fingerprint density at radius 2 is 2.40 bits per heavy atom. The predicted octanol–water partition coefficient (Wildman–Crippen LogP) is 2.14. The van der Waals surface area contributed by atoms with Crippen LogP contribution in [0.15, 0.2) is 18.2 Å². The van der Waals surface area contributed by atoms with E-state index in [1.165, 1.54) is 19.4 Å². The molecule has 2 saturated heterocycles. The van der Waals surface area contributed by atoms with Crippen molar-refractivity contribution in [2.75, 3.05) is 31.6 Å². The molecule has 2 unspecified atom stereocenters. The third-order valence-electron chi connectivity index (χ3n) is 4.34. The van der Waals surface area contributed by atoms with Crippen molar-refractivity contribution in [3.63, 3.8) is 0 Å². The van der Waals surface area contributed by atoms with E-state index in [1.54, 1.807) is 0 Å². The summed E-state index contributed by atoms with van der Waals surface area (Å²) in [6, 6.07) is 8.71. The van der Waals surface area contributed by atoms with Gasteiger partial charge < -0.3 is 10.1 Å².